The number of hydrogen-bond acceptors (Lipinski definition) is 4. The lowest BCUT2D eigenvalue weighted by atomic mass is 10.0. The molecule has 1 aliphatic heterocycles. The van der Waals surface area contributed by atoms with Gasteiger partial charge in [-0.25, -0.2) is 9.59 Å². The Morgan fingerprint density at radius 1 is 0.974 bits per heavy atom. The van der Waals surface area contributed by atoms with Crippen molar-refractivity contribution in [3.8, 4) is 0 Å². The van der Waals surface area contributed by atoms with Crippen LogP contribution in [0.5, 0.6) is 0 Å². The number of carboxylic acids is 1. The van der Waals surface area contributed by atoms with E-state index < -0.39 is 12.1 Å². The second-order valence-electron chi connectivity index (χ2n) is 9.01. The van der Waals surface area contributed by atoms with E-state index in [2.05, 4.69) is 15.2 Å². The number of H-pyrrole nitrogens is 1. The minimum atomic E-state index is -5.08. The first-order valence-corrected chi connectivity index (χ1v) is 12.1. The van der Waals surface area contributed by atoms with E-state index in [9.17, 15) is 22.8 Å². The van der Waals surface area contributed by atoms with E-state index in [1.807, 2.05) is 71.3 Å². The summed E-state index contributed by atoms with van der Waals surface area (Å²) in [5, 5.41) is 12.4. The van der Waals surface area contributed by atoms with Crippen LogP contribution in [-0.2, 0) is 4.79 Å². The fraction of sp³-hybridized carbons (Fsp3) is 0.296. The van der Waals surface area contributed by atoms with Gasteiger partial charge in [-0.1, -0.05) is 42.5 Å². The molecule has 0 saturated carbocycles. The Kier molecular flexibility index (Phi) is 8.16. The number of aromatic nitrogens is 2. The van der Waals surface area contributed by atoms with E-state index in [0.29, 0.717) is 12.1 Å². The van der Waals surface area contributed by atoms with Crippen molar-refractivity contribution >= 4 is 33.7 Å². The molecule has 0 unspecified atom stereocenters. The number of fused-ring (bicyclic) bond motifs is 2. The number of carbonyl (C=O) groups is 2. The van der Waals surface area contributed by atoms with Crippen molar-refractivity contribution in [2.24, 2.45) is 0 Å². The van der Waals surface area contributed by atoms with Crippen LogP contribution in [0.15, 0.2) is 71.5 Å². The standard InChI is InChI=1S/C25H26N4O2.C2HF3O2/c30-24(20-10-9-18-5-1-2-6-19(18)17-20)26-13-16-28-14-11-21(12-15-28)29-23-8-4-3-7-22(23)27-25(29)31;3-2(4,5)1(6)7/h1-10,17,21H,11-16H2,(H,26,30)(H,27,31);(H,6,7). The SMILES string of the molecule is O=C(NCCN1CCC(n2c(=O)[nH]c3ccccc32)CC1)c1ccc2ccccc2c1.O=C(O)C(F)(F)F. The number of amides is 1. The van der Waals surface area contributed by atoms with Crippen molar-refractivity contribution in [2.75, 3.05) is 26.2 Å². The van der Waals surface area contributed by atoms with E-state index in [1.165, 1.54) is 0 Å². The van der Waals surface area contributed by atoms with Gasteiger partial charge in [0.1, 0.15) is 0 Å². The van der Waals surface area contributed by atoms with Gasteiger partial charge in [0, 0.05) is 37.8 Å². The first-order valence-electron chi connectivity index (χ1n) is 12.1. The largest absolute Gasteiger partial charge is 0.490 e. The molecule has 0 spiro atoms. The maximum absolute atomic E-state index is 12.5. The summed E-state index contributed by atoms with van der Waals surface area (Å²) in [6, 6.07) is 21.9. The summed E-state index contributed by atoms with van der Waals surface area (Å²) in [5.74, 6) is -2.79. The van der Waals surface area contributed by atoms with Crippen LogP contribution in [-0.4, -0.2) is 63.8 Å². The van der Waals surface area contributed by atoms with E-state index >= 15 is 0 Å². The van der Waals surface area contributed by atoms with Gasteiger partial charge in [0.2, 0.25) is 0 Å². The Morgan fingerprint density at radius 2 is 1.61 bits per heavy atom. The molecule has 5 rings (SSSR count). The number of piperidine rings is 1. The summed E-state index contributed by atoms with van der Waals surface area (Å²) in [7, 11) is 0. The molecule has 2 heterocycles. The zero-order chi connectivity index (χ0) is 27.3. The number of aliphatic carboxylic acids is 1. The summed E-state index contributed by atoms with van der Waals surface area (Å²) in [4.78, 5) is 39.2. The molecule has 4 aromatic rings. The van der Waals surface area contributed by atoms with Crippen molar-refractivity contribution in [1.82, 2.24) is 19.8 Å². The Balaban J connectivity index is 0.000000426. The van der Waals surface area contributed by atoms with Crippen LogP contribution in [0.3, 0.4) is 0 Å². The Hall–Kier alpha value is -4.12. The number of imidazole rings is 1. The molecule has 38 heavy (non-hydrogen) atoms. The highest BCUT2D eigenvalue weighted by atomic mass is 19.4. The van der Waals surface area contributed by atoms with Crippen molar-refractivity contribution in [1.29, 1.82) is 0 Å². The predicted molar refractivity (Wildman–Crippen MR) is 137 cm³/mol. The van der Waals surface area contributed by atoms with Gasteiger partial charge in [-0.05, 0) is 47.9 Å². The normalized spacial score (nSPS) is 14.7. The Labute approximate surface area is 215 Å². The quantitative estimate of drug-likeness (QED) is 0.360. The number of rotatable bonds is 5. The summed E-state index contributed by atoms with van der Waals surface area (Å²) < 4.78 is 33.6. The molecule has 0 atom stereocenters. The van der Waals surface area contributed by atoms with E-state index in [0.717, 1.165) is 54.3 Å². The number of aromatic amines is 1. The lowest BCUT2D eigenvalue weighted by Crippen LogP contribution is -2.41. The van der Waals surface area contributed by atoms with Crippen molar-refractivity contribution < 1.29 is 27.9 Å². The van der Waals surface area contributed by atoms with E-state index in [-0.39, 0.29) is 17.6 Å². The Morgan fingerprint density at radius 3 is 2.29 bits per heavy atom. The van der Waals surface area contributed by atoms with Crippen LogP contribution < -0.4 is 11.0 Å². The van der Waals surface area contributed by atoms with Crippen LogP contribution in [0.2, 0.25) is 0 Å². The fourth-order valence-corrected chi connectivity index (χ4v) is 4.60. The number of alkyl halides is 3. The van der Waals surface area contributed by atoms with Crippen LogP contribution in [0.4, 0.5) is 13.2 Å². The molecule has 3 aromatic carbocycles. The van der Waals surface area contributed by atoms with Gasteiger partial charge in [-0.2, -0.15) is 13.2 Å². The zero-order valence-corrected chi connectivity index (χ0v) is 20.4. The van der Waals surface area contributed by atoms with Crippen LogP contribution >= 0.6 is 0 Å². The molecular weight excluding hydrogens is 501 g/mol. The molecule has 0 bridgehead atoms. The number of hydrogen-bond donors (Lipinski definition) is 3. The number of nitrogens with one attached hydrogen (secondary N) is 2. The average molecular weight is 529 g/mol. The van der Waals surface area contributed by atoms with Crippen LogP contribution in [0.25, 0.3) is 21.8 Å². The molecule has 0 radical (unpaired) electrons. The van der Waals surface area contributed by atoms with Crippen LogP contribution in [0.1, 0.15) is 29.2 Å². The molecule has 11 heteroatoms. The lowest BCUT2D eigenvalue weighted by Gasteiger charge is -2.32. The molecule has 1 fully saturated rings. The third-order valence-corrected chi connectivity index (χ3v) is 6.51. The zero-order valence-electron chi connectivity index (χ0n) is 20.4. The first kappa shape index (κ1) is 26.9. The van der Waals surface area contributed by atoms with Gasteiger partial charge in [0.05, 0.1) is 11.0 Å². The minimum absolute atomic E-state index is 0.0256. The highest BCUT2D eigenvalue weighted by Gasteiger charge is 2.38. The molecular formula is C27H27F3N4O4. The highest BCUT2D eigenvalue weighted by Crippen LogP contribution is 2.24. The van der Waals surface area contributed by atoms with Gasteiger partial charge < -0.3 is 20.3 Å². The number of carbonyl (C=O) groups excluding carboxylic acids is 1. The molecule has 0 aliphatic carbocycles. The smallest absolute Gasteiger partial charge is 0.475 e. The number of para-hydroxylation sites is 2. The number of nitrogens with zero attached hydrogens (tertiary/aromatic N) is 2. The Bertz CT molecular complexity index is 1490. The number of likely N-dealkylation sites (tertiary alicyclic amines) is 1. The van der Waals surface area contributed by atoms with Crippen molar-refractivity contribution in [2.45, 2.75) is 25.1 Å². The molecule has 8 nitrogen and oxygen atoms in total. The van der Waals surface area contributed by atoms with Gasteiger partial charge in [0.15, 0.2) is 0 Å². The summed E-state index contributed by atoms with van der Waals surface area (Å²) >= 11 is 0. The predicted octanol–water partition coefficient (Wildman–Crippen LogP) is 4.18. The van der Waals surface area contributed by atoms with Crippen molar-refractivity contribution in [3.63, 3.8) is 0 Å². The number of halogens is 3. The molecule has 200 valence electrons. The molecule has 3 N–H and O–H groups in total. The molecule has 1 aliphatic rings. The first-order chi connectivity index (χ1) is 18.1. The summed E-state index contributed by atoms with van der Waals surface area (Å²) in [6.07, 6.45) is -3.22. The number of benzene rings is 3. The van der Waals surface area contributed by atoms with Gasteiger partial charge >= 0.3 is 17.8 Å². The van der Waals surface area contributed by atoms with Crippen LogP contribution in [0, 0.1) is 0 Å². The molecule has 1 saturated heterocycles. The number of carboxylic acid groups (broad SMARTS) is 1. The third-order valence-electron chi connectivity index (χ3n) is 6.51. The van der Waals surface area contributed by atoms with E-state index in [4.69, 9.17) is 9.90 Å². The minimum Gasteiger partial charge on any atom is -0.475 e. The van der Waals surface area contributed by atoms with Gasteiger partial charge in [-0.3, -0.25) is 9.36 Å². The highest BCUT2D eigenvalue weighted by molar-refractivity contribution is 5.98. The molecule has 1 aromatic heterocycles. The molecule has 1 amide bonds. The third kappa shape index (κ3) is 6.41. The fourth-order valence-electron chi connectivity index (χ4n) is 4.60. The van der Waals surface area contributed by atoms with Gasteiger partial charge in [-0.15, -0.1) is 0 Å². The second-order valence-corrected chi connectivity index (χ2v) is 9.01. The van der Waals surface area contributed by atoms with E-state index in [1.54, 1.807) is 0 Å². The topological polar surface area (TPSA) is 107 Å². The lowest BCUT2D eigenvalue weighted by molar-refractivity contribution is -0.192. The van der Waals surface area contributed by atoms with Crippen molar-refractivity contribution in [3.05, 3.63) is 82.8 Å². The average Bonchev–Trinajstić information content (AvgIpc) is 3.24. The van der Waals surface area contributed by atoms with Gasteiger partial charge in [0.25, 0.3) is 5.91 Å². The maximum atomic E-state index is 12.5. The second kappa shape index (κ2) is 11.5. The summed E-state index contributed by atoms with van der Waals surface area (Å²) in [5.41, 5.74) is 2.54. The maximum Gasteiger partial charge on any atom is 0.490 e. The monoisotopic (exact) mass is 528 g/mol. The summed E-state index contributed by atoms with van der Waals surface area (Å²) in [6.45, 7) is 3.27.